The number of nitrogens with one attached hydrogen (secondary N) is 1. The summed E-state index contributed by atoms with van der Waals surface area (Å²) in [5, 5.41) is 0. The van der Waals surface area contributed by atoms with Gasteiger partial charge in [0.25, 0.3) is 10.0 Å². The number of carbonyl (C=O) groups is 1. The van der Waals surface area contributed by atoms with E-state index in [9.17, 15) is 17.6 Å². The molecular formula is C13H13FN2O4S. The number of aryl methyl sites for hydroxylation is 1. The van der Waals surface area contributed by atoms with Crippen molar-refractivity contribution in [2.45, 2.75) is 4.90 Å². The third-order valence-corrected chi connectivity index (χ3v) is 4.13. The Morgan fingerprint density at radius 1 is 1.29 bits per heavy atom. The van der Waals surface area contributed by atoms with Gasteiger partial charge in [-0.2, -0.15) is 0 Å². The Morgan fingerprint density at radius 2 is 1.90 bits per heavy atom. The van der Waals surface area contributed by atoms with E-state index in [1.807, 2.05) is 0 Å². The van der Waals surface area contributed by atoms with Crippen LogP contribution in [0.1, 0.15) is 10.5 Å². The van der Waals surface area contributed by atoms with E-state index in [1.165, 1.54) is 43.1 Å². The van der Waals surface area contributed by atoms with Gasteiger partial charge in [0.05, 0.1) is 7.11 Å². The molecule has 0 unspecified atom stereocenters. The topological polar surface area (TPSA) is 77.4 Å². The second-order valence-corrected chi connectivity index (χ2v) is 5.96. The molecule has 8 heteroatoms. The Hall–Kier alpha value is -2.35. The van der Waals surface area contributed by atoms with E-state index in [-0.39, 0.29) is 16.3 Å². The Bertz CT molecular complexity index is 766. The summed E-state index contributed by atoms with van der Waals surface area (Å²) in [6, 6.07) is 6.09. The average molecular weight is 312 g/mol. The van der Waals surface area contributed by atoms with Gasteiger partial charge in [0, 0.05) is 18.9 Å². The number of carbonyl (C=O) groups excluding carboxylic acids is 1. The maximum absolute atomic E-state index is 12.8. The van der Waals surface area contributed by atoms with Gasteiger partial charge in [-0.25, -0.2) is 17.6 Å². The van der Waals surface area contributed by atoms with Crippen LogP contribution in [0.5, 0.6) is 0 Å². The number of aromatic nitrogens is 1. The number of halogens is 1. The van der Waals surface area contributed by atoms with Crippen LogP contribution in [0.4, 0.5) is 10.1 Å². The fraction of sp³-hybridized carbons (Fsp3) is 0.154. The van der Waals surface area contributed by atoms with E-state index < -0.39 is 21.8 Å². The molecule has 0 aliphatic rings. The van der Waals surface area contributed by atoms with Crippen molar-refractivity contribution in [2.75, 3.05) is 11.8 Å². The average Bonchev–Trinajstić information content (AvgIpc) is 2.83. The summed E-state index contributed by atoms with van der Waals surface area (Å²) in [5.41, 5.74) is 0.330. The van der Waals surface area contributed by atoms with Gasteiger partial charge in [-0.1, -0.05) is 0 Å². The lowest BCUT2D eigenvalue weighted by Crippen LogP contribution is -2.12. The van der Waals surface area contributed by atoms with Gasteiger partial charge < -0.3 is 9.30 Å². The van der Waals surface area contributed by atoms with Crippen LogP contribution in [0.15, 0.2) is 41.4 Å². The molecule has 0 saturated carbocycles. The first-order valence-corrected chi connectivity index (χ1v) is 7.35. The van der Waals surface area contributed by atoms with Crippen molar-refractivity contribution in [1.82, 2.24) is 4.57 Å². The van der Waals surface area contributed by atoms with Crippen LogP contribution in [-0.2, 0) is 21.8 Å². The maximum atomic E-state index is 12.8. The normalized spacial score (nSPS) is 11.2. The zero-order chi connectivity index (χ0) is 15.6. The quantitative estimate of drug-likeness (QED) is 0.873. The predicted octanol–water partition coefficient (Wildman–Crippen LogP) is 1.75. The SMILES string of the molecule is COC(=O)c1cc(S(=O)(=O)Nc2ccc(F)cc2)cn1C. The van der Waals surface area contributed by atoms with Crippen molar-refractivity contribution in [1.29, 1.82) is 0 Å². The first kappa shape index (κ1) is 15.0. The summed E-state index contributed by atoms with van der Waals surface area (Å²) in [5.74, 6) is -1.11. The number of benzene rings is 1. The second-order valence-electron chi connectivity index (χ2n) is 4.28. The third kappa shape index (κ3) is 3.22. The molecule has 1 N–H and O–H groups in total. The highest BCUT2D eigenvalue weighted by molar-refractivity contribution is 7.92. The van der Waals surface area contributed by atoms with E-state index in [0.717, 1.165) is 12.1 Å². The van der Waals surface area contributed by atoms with Gasteiger partial charge in [-0.15, -0.1) is 0 Å². The summed E-state index contributed by atoms with van der Waals surface area (Å²) < 4.78 is 45.4. The lowest BCUT2D eigenvalue weighted by atomic mass is 10.3. The second kappa shape index (κ2) is 5.57. The molecule has 2 aromatic rings. The van der Waals surface area contributed by atoms with E-state index in [2.05, 4.69) is 9.46 Å². The number of rotatable bonds is 4. The summed E-state index contributed by atoms with van der Waals surface area (Å²) in [7, 11) is -1.13. The van der Waals surface area contributed by atoms with Crippen molar-refractivity contribution in [3.05, 3.63) is 48.0 Å². The van der Waals surface area contributed by atoms with Crippen molar-refractivity contribution in [3.8, 4) is 0 Å². The summed E-state index contributed by atoms with van der Waals surface area (Å²) in [6.45, 7) is 0. The number of hydrogen-bond acceptors (Lipinski definition) is 4. The third-order valence-electron chi connectivity index (χ3n) is 2.78. The molecule has 0 spiro atoms. The first-order valence-electron chi connectivity index (χ1n) is 5.86. The van der Waals surface area contributed by atoms with Gasteiger partial charge in [-0.05, 0) is 30.3 Å². The van der Waals surface area contributed by atoms with Gasteiger partial charge in [0.2, 0.25) is 0 Å². The smallest absolute Gasteiger partial charge is 0.354 e. The number of esters is 1. The molecule has 1 aromatic heterocycles. The Kier molecular flexibility index (Phi) is 3.99. The van der Waals surface area contributed by atoms with E-state index in [4.69, 9.17) is 0 Å². The molecule has 0 amide bonds. The minimum atomic E-state index is -3.87. The molecule has 0 fully saturated rings. The highest BCUT2D eigenvalue weighted by atomic mass is 32.2. The van der Waals surface area contributed by atoms with Crippen LogP contribution in [-0.4, -0.2) is 26.1 Å². The summed E-state index contributed by atoms with van der Waals surface area (Å²) >= 11 is 0. The number of methoxy groups -OCH3 is 1. The van der Waals surface area contributed by atoms with Crippen LogP contribution >= 0.6 is 0 Å². The molecule has 0 aliphatic carbocycles. The van der Waals surface area contributed by atoms with E-state index in [0.29, 0.717) is 0 Å². The molecule has 0 bridgehead atoms. The number of sulfonamides is 1. The predicted molar refractivity (Wildman–Crippen MR) is 74.0 cm³/mol. The summed E-state index contributed by atoms with van der Waals surface area (Å²) in [6.07, 6.45) is 1.29. The van der Waals surface area contributed by atoms with Crippen molar-refractivity contribution < 1.29 is 22.3 Å². The van der Waals surface area contributed by atoms with Crippen LogP contribution in [0, 0.1) is 5.82 Å². The fourth-order valence-corrected chi connectivity index (χ4v) is 2.85. The largest absolute Gasteiger partial charge is 0.464 e. The van der Waals surface area contributed by atoms with Gasteiger partial charge in [0.15, 0.2) is 0 Å². The minimum absolute atomic E-state index is 0.0882. The first-order chi connectivity index (χ1) is 9.83. The number of anilines is 1. The van der Waals surface area contributed by atoms with E-state index >= 15 is 0 Å². The molecule has 0 atom stereocenters. The molecule has 21 heavy (non-hydrogen) atoms. The van der Waals surface area contributed by atoms with Crippen molar-refractivity contribution >= 4 is 21.7 Å². The minimum Gasteiger partial charge on any atom is -0.464 e. The highest BCUT2D eigenvalue weighted by Crippen LogP contribution is 2.19. The Labute approximate surface area is 121 Å². The standard InChI is InChI=1S/C13H13FN2O4S/c1-16-8-11(7-12(16)13(17)20-2)21(18,19)15-10-5-3-9(14)4-6-10/h3-8,15H,1-2H3. The lowest BCUT2D eigenvalue weighted by molar-refractivity contribution is 0.0590. The zero-order valence-electron chi connectivity index (χ0n) is 11.3. The molecular weight excluding hydrogens is 299 g/mol. The molecule has 0 saturated heterocycles. The number of hydrogen-bond donors (Lipinski definition) is 1. The molecule has 6 nitrogen and oxygen atoms in total. The van der Waals surface area contributed by atoms with E-state index in [1.54, 1.807) is 0 Å². The van der Waals surface area contributed by atoms with Crippen LogP contribution < -0.4 is 4.72 Å². The van der Waals surface area contributed by atoms with Crippen molar-refractivity contribution in [2.24, 2.45) is 7.05 Å². The monoisotopic (exact) mass is 312 g/mol. The van der Waals surface area contributed by atoms with Gasteiger partial charge in [-0.3, -0.25) is 4.72 Å². The summed E-state index contributed by atoms with van der Waals surface area (Å²) in [4.78, 5) is 11.4. The molecule has 0 aliphatic heterocycles. The molecule has 1 aromatic carbocycles. The zero-order valence-corrected chi connectivity index (χ0v) is 12.1. The Morgan fingerprint density at radius 3 is 2.48 bits per heavy atom. The highest BCUT2D eigenvalue weighted by Gasteiger charge is 2.21. The fourth-order valence-electron chi connectivity index (χ4n) is 1.72. The molecule has 1 heterocycles. The molecule has 112 valence electrons. The molecule has 2 rings (SSSR count). The van der Waals surface area contributed by atoms with Crippen LogP contribution in [0.25, 0.3) is 0 Å². The maximum Gasteiger partial charge on any atom is 0.354 e. The molecule has 0 radical (unpaired) electrons. The van der Waals surface area contributed by atoms with Crippen LogP contribution in [0.2, 0.25) is 0 Å². The number of ether oxygens (including phenoxy) is 1. The van der Waals surface area contributed by atoms with Gasteiger partial charge in [0.1, 0.15) is 16.4 Å². The van der Waals surface area contributed by atoms with Gasteiger partial charge >= 0.3 is 5.97 Å². The Balaban J connectivity index is 2.31. The lowest BCUT2D eigenvalue weighted by Gasteiger charge is -2.05. The number of nitrogens with zero attached hydrogens (tertiary/aromatic N) is 1. The van der Waals surface area contributed by atoms with Crippen LogP contribution in [0.3, 0.4) is 0 Å². The van der Waals surface area contributed by atoms with Crippen molar-refractivity contribution in [3.63, 3.8) is 0 Å².